The Bertz CT molecular complexity index is 440. The van der Waals surface area contributed by atoms with E-state index in [2.05, 4.69) is 0 Å². The third-order valence-electron chi connectivity index (χ3n) is 3.17. The molecule has 0 saturated carbocycles. The van der Waals surface area contributed by atoms with Gasteiger partial charge in [0.1, 0.15) is 6.10 Å². The van der Waals surface area contributed by atoms with Gasteiger partial charge in [-0.2, -0.15) is 0 Å². The van der Waals surface area contributed by atoms with Crippen molar-refractivity contribution in [3.8, 4) is 0 Å². The highest BCUT2D eigenvalue weighted by atomic mass is 31.2. The lowest BCUT2D eigenvalue weighted by atomic mass is 10.3. The van der Waals surface area contributed by atoms with Gasteiger partial charge in [-0.15, -0.1) is 0 Å². The number of carbonyl (C=O) groups is 2. The van der Waals surface area contributed by atoms with Gasteiger partial charge < -0.3 is 14.9 Å². The normalized spacial score (nSPS) is 16.4. The molecule has 21 heavy (non-hydrogen) atoms. The molecule has 0 fully saturated rings. The van der Waals surface area contributed by atoms with Gasteiger partial charge in [-0.1, -0.05) is 6.92 Å². The minimum absolute atomic E-state index is 0.153. The molecule has 0 amide bonds. The third-order valence-corrected chi connectivity index (χ3v) is 7.33. The number of aliphatic hydroxyl groups excluding tert-OH is 1. The molecule has 0 rings (SSSR count). The quantitative estimate of drug-likeness (QED) is 0.372. The summed E-state index contributed by atoms with van der Waals surface area (Å²) in [5, 5.41) is 17.5. The van der Waals surface area contributed by atoms with Crippen molar-refractivity contribution in [1.82, 2.24) is 0 Å². The summed E-state index contributed by atoms with van der Waals surface area (Å²) in [6.07, 6.45) is 1.54. The van der Waals surface area contributed by atoms with Crippen LogP contribution in [0.2, 0.25) is 0 Å². The molecule has 0 aliphatic rings. The average Bonchev–Trinajstić information content (AvgIpc) is 2.35. The second-order valence-electron chi connectivity index (χ2n) is 5.53. The fourth-order valence-electron chi connectivity index (χ4n) is 1.79. The van der Waals surface area contributed by atoms with Gasteiger partial charge >= 0.3 is 11.9 Å². The lowest BCUT2D eigenvalue weighted by Gasteiger charge is -2.35. The van der Waals surface area contributed by atoms with E-state index in [9.17, 15) is 14.2 Å². The number of nitrogens with zero attached hydrogens (tertiary/aromatic N) is 1. The molecule has 0 aliphatic carbocycles. The van der Waals surface area contributed by atoms with E-state index in [1.165, 1.54) is 0 Å². The summed E-state index contributed by atoms with van der Waals surface area (Å²) in [7, 11) is 2.78. The highest BCUT2D eigenvalue weighted by Crippen LogP contribution is 2.53. The number of aliphatic hydroxyl groups is 1. The second-order valence-corrected chi connectivity index (χ2v) is 9.42. The maximum Gasteiger partial charge on any atom is 0.331 e. The van der Waals surface area contributed by atoms with Crippen LogP contribution >= 0.6 is 7.29 Å². The Morgan fingerprint density at radius 2 is 1.86 bits per heavy atom. The second kappa shape index (κ2) is 8.32. The maximum atomic E-state index is 12.9. The van der Waals surface area contributed by atoms with E-state index in [0.717, 1.165) is 6.08 Å². The predicted molar refractivity (Wildman–Crippen MR) is 79.4 cm³/mol. The zero-order chi connectivity index (χ0) is 16.7. The van der Waals surface area contributed by atoms with E-state index in [4.69, 9.17) is 14.9 Å². The first-order chi connectivity index (χ1) is 9.55. The molecule has 2 unspecified atom stereocenters. The SMILES string of the molecule is CCP(=O)(CC(CCO)OC(=O)C=CC(=O)O)[N+](C)(C)C. The summed E-state index contributed by atoms with van der Waals surface area (Å²) in [6, 6.07) is 0. The molecule has 0 aromatic carbocycles. The van der Waals surface area contributed by atoms with Gasteiger partial charge in [-0.25, -0.2) is 9.59 Å². The number of carboxylic acids is 1. The minimum Gasteiger partial charge on any atom is -0.478 e. The molecular weight excluding hydrogens is 297 g/mol. The Labute approximate surface area is 125 Å². The topological polar surface area (TPSA) is 101 Å². The van der Waals surface area contributed by atoms with Gasteiger partial charge in [0, 0.05) is 31.3 Å². The number of quaternary nitrogens is 1. The molecule has 0 spiro atoms. The summed E-state index contributed by atoms with van der Waals surface area (Å²) in [6.45, 7) is 1.61. The standard InChI is InChI=1S/C13H24NO6P/c1-5-21(19,14(2,3)4)10-11(8-9-15)20-13(18)7-6-12(16)17/h6-7,11,15H,5,8-10H2,1-4H3/p+1. The molecule has 0 aromatic rings. The van der Waals surface area contributed by atoms with Crippen molar-refractivity contribution in [3.05, 3.63) is 12.2 Å². The molecule has 122 valence electrons. The lowest BCUT2D eigenvalue weighted by Crippen LogP contribution is -2.36. The molecule has 2 N–H and O–H groups in total. The molecule has 0 aliphatic heterocycles. The first-order valence-electron chi connectivity index (χ1n) is 6.68. The van der Waals surface area contributed by atoms with Crippen LogP contribution in [0.5, 0.6) is 0 Å². The fourth-order valence-corrected chi connectivity index (χ4v) is 4.28. The number of ether oxygens (including phenoxy) is 1. The Balaban J connectivity index is 4.95. The van der Waals surface area contributed by atoms with Crippen LogP contribution in [0.4, 0.5) is 0 Å². The third kappa shape index (κ3) is 6.89. The number of esters is 1. The zero-order valence-corrected chi connectivity index (χ0v) is 13.9. The van der Waals surface area contributed by atoms with Crippen molar-refractivity contribution in [3.63, 3.8) is 0 Å². The Hall–Kier alpha value is -1.17. The maximum absolute atomic E-state index is 12.9. The van der Waals surface area contributed by atoms with Crippen molar-refractivity contribution in [2.24, 2.45) is 0 Å². The van der Waals surface area contributed by atoms with Gasteiger partial charge in [-0.3, -0.25) is 8.82 Å². The van der Waals surface area contributed by atoms with Crippen molar-refractivity contribution < 1.29 is 33.4 Å². The molecule has 0 heterocycles. The number of carboxylic acid groups (broad SMARTS) is 1. The fraction of sp³-hybridized carbons (Fsp3) is 0.692. The average molecular weight is 322 g/mol. The summed E-state index contributed by atoms with van der Waals surface area (Å²) in [4.78, 5) is 21.8. The molecule has 0 aromatic heterocycles. The molecule has 2 atom stereocenters. The van der Waals surface area contributed by atoms with Crippen LogP contribution in [-0.2, 0) is 18.9 Å². The van der Waals surface area contributed by atoms with Crippen LogP contribution in [0.1, 0.15) is 13.3 Å². The van der Waals surface area contributed by atoms with E-state index in [0.29, 0.717) is 12.2 Å². The van der Waals surface area contributed by atoms with Crippen LogP contribution in [0.25, 0.3) is 0 Å². The van der Waals surface area contributed by atoms with Crippen molar-refractivity contribution in [2.45, 2.75) is 19.4 Å². The van der Waals surface area contributed by atoms with E-state index >= 15 is 0 Å². The minimum atomic E-state index is -2.66. The van der Waals surface area contributed by atoms with Gasteiger partial charge in [0.25, 0.3) is 7.29 Å². The van der Waals surface area contributed by atoms with Gasteiger partial charge in [0.05, 0.1) is 27.3 Å². The van der Waals surface area contributed by atoms with Gasteiger partial charge in [0.15, 0.2) is 0 Å². The van der Waals surface area contributed by atoms with Crippen LogP contribution in [0, 0.1) is 0 Å². The smallest absolute Gasteiger partial charge is 0.331 e. The number of rotatable bonds is 9. The van der Waals surface area contributed by atoms with Gasteiger partial charge in [-0.05, 0) is 0 Å². The van der Waals surface area contributed by atoms with E-state index in [1.54, 1.807) is 0 Å². The summed E-state index contributed by atoms with van der Waals surface area (Å²) >= 11 is 0. The predicted octanol–water partition coefficient (Wildman–Crippen LogP) is 0.926. The van der Waals surface area contributed by atoms with Crippen LogP contribution in [0.3, 0.4) is 0 Å². The molecule has 0 radical (unpaired) electrons. The van der Waals surface area contributed by atoms with Crippen molar-refractivity contribution in [2.75, 3.05) is 40.1 Å². The molecule has 0 saturated heterocycles. The number of carbonyl (C=O) groups excluding carboxylic acids is 1. The van der Waals surface area contributed by atoms with Crippen molar-refractivity contribution in [1.29, 1.82) is 0 Å². The first kappa shape index (κ1) is 19.8. The molecule has 7 nitrogen and oxygen atoms in total. The Morgan fingerprint density at radius 1 is 1.29 bits per heavy atom. The largest absolute Gasteiger partial charge is 0.478 e. The van der Waals surface area contributed by atoms with E-state index in [1.807, 2.05) is 28.1 Å². The molecular formula is C13H25NO6P+. The first-order valence-corrected chi connectivity index (χ1v) is 8.71. The van der Waals surface area contributed by atoms with Crippen LogP contribution in [0.15, 0.2) is 12.2 Å². The molecule has 8 heteroatoms. The summed E-state index contributed by atoms with van der Waals surface area (Å²) < 4.78 is 18.3. The number of hydrogen-bond donors (Lipinski definition) is 2. The number of hydrogen-bond acceptors (Lipinski definition) is 5. The van der Waals surface area contributed by atoms with E-state index < -0.39 is 25.3 Å². The highest BCUT2D eigenvalue weighted by Gasteiger charge is 2.38. The van der Waals surface area contributed by atoms with Crippen molar-refractivity contribution >= 4 is 19.2 Å². The van der Waals surface area contributed by atoms with Gasteiger partial charge in [0.2, 0.25) is 0 Å². The zero-order valence-electron chi connectivity index (χ0n) is 13.0. The Morgan fingerprint density at radius 3 is 2.24 bits per heavy atom. The van der Waals surface area contributed by atoms with Crippen LogP contribution < -0.4 is 0 Å². The number of aliphatic carboxylic acids is 1. The summed E-state index contributed by atoms with van der Waals surface area (Å²) in [5.74, 6) is -2.07. The monoisotopic (exact) mass is 322 g/mol. The molecule has 0 bridgehead atoms. The highest BCUT2D eigenvalue weighted by molar-refractivity contribution is 7.58. The van der Waals surface area contributed by atoms with E-state index in [-0.39, 0.29) is 23.4 Å². The van der Waals surface area contributed by atoms with Crippen LogP contribution in [-0.4, -0.2) is 72.6 Å². The summed E-state index contributed by atoms with van der Waals surface area (Å²) in [5.41, 5.74) is 0. The Kier molecular flexibility index (Phi) is 7.85. The lowest BCUT2D eigenvalue weighted by molar-refractivity contribution is -0.746.